The van der Waals surface area contributed by atoms with Gasteiger partial charge in [0.15, 0.2) is 6.61 Å². The summed E-state index contributed by atoms with van der Waals surface area (Å²) in [7, 11) is 0. The van der Waals surface area contributed by atoms with Crippen LogP contribution in [-0.4, -0.2) is 35.2 Å². The van der Waals surface area contributed by atoms with E-state index in [1.54, 1.807) is 12.1 Å². The van der Waals surface area contributed by atoms with Gasteiger partial charge in [-0.25, -0.2) is 14.1 Å². The van der Waals surface area contributed by atoms with Crippen LogP contribution in [0.3, 0.4) is 0 Å². The molecule has 3 amide bonds. The second-order valence-electron chi connectivity index (χ2n) is 7.09. The highest BCUT2D eigenvalue weighted by molar-refractivity contribution is 6.34. The molecule has 0 radical (unpaired) electrons. The van der Waals surface area contributed by atoms with E-state index in [1.165, 1.54) is 36.4 Å². The van der Waals surface area contributed by atoms with Gasteiger partial charge >= 0.3 is 5.97 Å². The number of halogens is 1. The topological polar surface area (TPSA) is 136 Å². The molecule has 0 unspecified atom stereocenters. The van der Waals surface area contributed by atoms with Crippen molar-refractivity contribution >= 4 is 40.8 Å². The van der Waals surface area contributed by atoms with E-state index in [9.17, 15) is 33.7 Å². The number of amides is 3. The maximum absolute atomic E-state index is 13.8. The fourth-order valence-corrected chi connectivity index (χ4v) is 3.32. The second-order valence-corrected chi connectivity index (χ2v) is 7.09. The van der Waals surface area contributed by atoms with Crippen LogP contribution in [0.5, 0.6) is 0 Å². The first-order valence-electron chi connectivity index (χ1n) is 9.75. The summed E-state index contributed by atoms with van der Waals surface area (Å²) in [4.78, 5) is 60.7. The molecule has 0 aromatic heterocycles. The maximum Gasteiger partial charge on any atom is 0.338 e. The number of nitro benzene ring substituents is 1. The zero-order valence-electron chi connectivity index (χ0n) is 17.2. The van der Waals surface area contributed by atoms with Crippen molar-refractivity contribution in [2.24, 2.45) is 0 Å². The van der Waals surface area contributed by atoms with Gasteiger partial charge in [0.2, 0.25) is 0 Å². The lowest BCUT2D eigenvalue weighted by Crippen LogP contribution is -2.29. The molecule has 4 rings (SSSR count). The van der Waals surface area contributed by atoms with Gasteiger partial charge in [-0.15, -0.1) is 0 Å². The van der Waals surface area contributed by atoms with E-state index < -0.39 is 52.4 Å². The number of ether oxygens (including phenoxy) is 1. The lowest BCUT2D eigenvalue weighted by atomic mass is 10.1. The zero-order valence-corrected chi connectivity index (χ0v) is 17.2. The van der Waals surface area contributed by atoms with Crippen molar-refractivity contribution in [3.63, 3.8) is 0 Å². The molecular weight excluding hydrogens is 449 g/mol. The van der Waals surface area contributed by atoms with Crippen LogP contribution in [0.15, 0.2) is 66.7 Å². The molecule has 1 aliphatic rings. The molecule has 3 aromatic rings. The summed E-state index contributed by atoms with van der Waals surface area (Å²) in [5.74, 6) is -3.84. The predicted octanol–water partition coefficient (Wildman–Crippen LogP) is 3.33. The first kappa shape index (κ1) is 22.3. The number of anilines is 2. The Balaban J connectivity index is 1.43. The summed E-state index contributed by atoms with van der Waals surface area (Å²) in [5, 5.41) is 12.9. The number of benzene rings is 3. The third kappa shape index (κ3) is 4.21. The van der Waals surface area contributed by atoms with E-state index in [0.29, 0.717) is 0 Å². The van der Waals surface area contributed by atoms with Gasteiger partial charge in [-0.3, -0.25) is 24.5 Å². The van der Waals surface area contributed by atoms with Crippen LogP contribution >= 0.6 is 0 Å². The molecule has 1 aliphatic heterocycles. The number of carbonyl (C=O) groups excluding carboxylic acids is 4. The average molecular weight is 463 g/mol. The number of nitrogens with one attached hydrogen (secondary N) is 1. The van der Waals surface area contributed by atoms with Gasteiger partial charge in [0, 0.05) is 12.1 Å². The molecule has 3 aromatic carbocycles. The van der Waals surface area contributed by atoms with Crippen LogP contribution in [0.25, 0.3) is 0 Å². The molecular formula is C23H14FN3O7. The standard InChI is InChI=1S/C23H14FN3O7/c24-18-9-8-15(27(32)33)11-19(18)25-20(28)12-34-23(31)13-4-3-5-14(10-13)26-21(29)16-6-1-2-7-17(16)22(26)30/h1-11H,12H2,(H,25,28). The van der Waals surface area contributed by atoms with Crippen LogP contribution in [0, 0.1) is 15.9 Å². The monoisotopic (exact) mass is 463 g/mol. The van der Waals surface area contributed by atoms with Gasteiger partial charge in [0.05, 0.1) is 33.0 Å². The van der Waals surface area contributed by atoms with Crippen molar-refractivity contribution in [2.75, 3.05) is 16.8 Å². The number of fused-ring (bicyclic) bond motifs is 1. The molecule has 34 heavy (non-hydrogen) atoms. The minimum Gasteiger partial charge on any atom is -0.452 e. The molecule has 0 fully saturated rings. The fourth-order valence-electron chi connectivity index (χ4n) is 3.32. The van der Waals surface area contributed by atoms with E-state index in [2.05, 4.69) is 5.32 Å². The second kappa shape index (κ2) is 8.90. The average Bonchev–Trinajstić information content (AvgIpc) is 3.09. The molecule has 1 N–H and O–H groups in total. The number of nitro groups is 1. The Morgan fingerprint density at radius 3 is 2.29 bits per heavy atom. The number of hydrogen-bond donors (Lipinski definition) is 1. The van der Waals surface area contributed by atoms with E-state index in [1.807, 2.05) is 0 Å². The lowest BCUT2D eigenvalue weighted by molar-refractivity contribution is -0.384. The molecule has 1 heterocycles. The number of carbonyl (C=O) groups is 4. The zero-order chi connectivity index (χ0) is 24.4. The van der Waals surface area contributed by atoms with Crippen LogP contribution in [0.4, 0.5) is 21.5 Å². The molecule has 0 bridgehead atoms. The predicted molar refractivity (Wildman–Crippen MR) is 116 cm³/mol. The van der Waals surface area contributed by atoms with Crippen LogP contribution in [0.1, 0.15) is 31.1 Å². The molecule has 0 atom stereocenters. The van der Waals surface area contributed by atoms with Gasteiger partial charge in [0.1, 0.15) is 5.82 Å². The normalized spacial score (nSPS) is 12.3. The van der Waals surface area contributed by atoms with E-state index in [-0.39, 0.29) is 22.4 Å². The Bertz CT molecular complexity index is 1340. The number of nitrogens with zero attached hydrogens (tertiary/aromatic N) is 2. The quantitative estimate of drug-likeness (QED) is 0.256. The summed E-state index contributed by atoms with van der Waals surface area (Å²) in [6.45, 7) is -0.807. The summed E-state index contributed by atoms with van der Waals surface area (Å²) in [5.41, 5.74) is -0.287. The third-order valence-electron chi connectivity index (χ3n) is 4.90. The maximum atomic E-state index is 13.8. The minimum absolute atomic E-state index is 0.0385. The van der Waals surface area contributed by atoms with Gasteiger partial charge in [-0.1, -0.05) is 18.2 Å². The lowest BCUT2D eigenvalue weighted by Gasteiger charge is -2.15. The first-order chi connectivity index (χ1) is 16.3. The van der Waals surface area contributed by atoms with Gasteiger partial charge in [-0.05, 0) is 36.4 Å². The van der Waals surface area contributed by atoms with Crippen molar-refractivity contribution in [1.29, 1.82) is 0 Å². The van der Waals surface area contributed by atoms with Gasteiger partial charge < -0.3 is 10.1 Å². The van der Waals surface area contributed by atoms with E-state index in [0.717, 1.165) is 23.1 Å². The van der Waals surface area contributed by atoms with E-state index >= 15 is 0 Å². The number of rotatable bonds is 6. The van der Waals surface area contributed by atoms with Crippen molar-refractivity contribution in [3.8, 4) is 0 Å². The molecule has 10 nitrogen and oxygen atoms in total. The Morgan fingerprint density at radius 1 is 0.971 bits per heavy atom. The number of hydrogen-bond acceptors (Lipinski definition) is 7. The fraction of sp³-hybridized carbons (Fsp3) is 0.0435. The smallest absolute Gasteiger partial charge is 0.338 e. The Hall–Kier alpha value is -4.93. The van der Waals surface area contributed by atoms with Gasteiger partial charge in [-0.2, -0.15) is 0 Å². The largest absolute Gasteiger partial charge is 0.452 e. The summed E-state index contributed by atoms with van der Waals surface area (Å²) < 4.78 is 18.7. The van der Waals surface area contributed by atoms with Crippen LogP contribution in [0.2, 0.25) is 0 Å². The molecule has 0 spiro atoms. The van der Waals surface area contributed by atoms with Crippen molar-refractivity contribution in [3.05, 3.63) is 99.4 Å². The van der Waals surface area contributed by atoms with Crippen molar-refractivity contribution < 1.29 is 33.2 Å². The SMILES string of the molecule is O=C(COC(=O)c1cccc(N2C(=O)c3ccccc3C2=O)c1)Nc1cc([N+](=O)[O-])ccc1F. The molecule has 0 saturated carbocycles. The van der Waals surface area contributed by atoms with Crippen LogP contribution < -0.4 is 10.2 Å². The molecule has 11 heteroatoms. The Labute approximate surface area is 190 Å². The molecule has 170 valence electrons. The highest BCUT2D eigenvalue weighted by Gasteiger charge is 2.36. The number of non-ortho nitro benzene ring substituents is 1. The van der Waals surface area contributed by atoms with Crippen molar-refractivity contribution in [1.82, 2.24) is 0 Å². The third-order valence-corrected chi connectivity index (χ3v) is 4.90. The summed E-state index contributed by atoms with van der Waals surface area (Å²) >= 11 is 0. The Morgan fingerprint density at radius 2 is 1.65 bits per heavy atom. The highest BCUT2D eigenvalue weighted by Crippen LogP contribution is 2.29. The molecule has 0 saturated heterocycles. The van der Waals surface area contributed by atoms with Crippen LogP contribution in [-0.2, 0) is 9.53 Å². The number of esters is 1. The Kier molecular flexibility index (Phi) is 5.83. The van der Waals surface area contributed by atoms with Gasteiger partial charge in [0.25, 0.3) is 23.4 Å². The van der Waals surface area contributed by atoms with Crippen molar-refractivity contribution in [2.45, 2.75) is 0 Å². The minimum atomic E-state index is -0.937. The highest BCUT2D eigenvalue weighted by atomic mass is 19.1. The first-order valence-corrected chi connectivity index (χ1v) is 9.75. The number of imide groups is 1. The summed E-state index contributed by atoms with van der Waals surface area (Å²) in [6.07, 6.45) is 0. The summed E-state index contributed by atoms with van der Waals surface area (Å²) in [6, 6.07) is 14.4. The van der Waals surface area contributed by atoms with E-state index in [4.69, 9.17) is 4.74 Å². The molecule has 0 aliphatic carbocycles.